The van der Waals surface area contributed by atoms with Crippen molar-refractivity contribution in [1.29, 1.82) is 0 Å². The zero-order valence-electron chi connectivity index (χ0n) is 30.2. The predicted molar refractivity (Wildman–Crippen MR) is 211 cm³/mol. The summed E-state index contributed by atoms with van der Waals surface area (Å²) in [6.45, 7) is 3.81. The minimum absolute atomic E-state index is 0.0120. The van der Waals surface area contributed by atoms with Crippen LogP contribution >= 0.6 is 0 Å². The molecule has 0 saturated heterocycles. The van der Waals surface area contributed by atoms with Crippen LogP contribution in [0.15, 0.2) is 152 Å². The van der Waals surface area contributed by atoms with Gasteiger partial charge in [0.2, 0.25) is 5.91 Å². The molecule has 0 radical (unpaired) electrons. The first-order valence-corrected chi connectivity index (χ1v) is 17.2. The highest BCUT2D eigenvalue weighted by Crippen LogP contribution is 2.38. The molecule has 13 nitrogen and oxygen atoms in total. The summed E-state index contributed by atoms with van der Waals surface area (Å²) in [6.07, 6.45) is -0.0351. The van der Waals surface area contributed by atoms with Gasteiger partial charge in [0.05, 0.1) is 42.0 Å². The van der Waals surface area contributed by atoms with E-state index in [9.17, 15) is 19.5 Å². The van der Waals surface area contributed by atoms with E-state index in [2.05, 4.69) is 46.1 Å². The number of esters is 1. The fraction of sp³-hybridized carbons (Fsp3) is 0.119. The van der Waals surface area contributed by atoms with Crippen molar-refractivity contribution in [3.8, 4) is 5.75 Å². The van der Waals surface area contributed by atoms with Crippen LogP contribution < -0.4 is 10.6 Å². The standard InChI is InChI=1S/C42H36N8O5/c1-26-24-38(27(2)23-37(26)49-47-33-16-14-32(15-17-33)46-45-31-7-5-4-6-8-31)50-48-36-20-11-29-25-34(18-19-35(29)41(36)53)44-42(54)28-9-12-30(13-10-28)43-39(51)21-22-40(52)55-3/h4-20,23-25,53H,21-22H2,1-3H3,(H,43,51)(H,44,54). The highest BCUT2D eigenvalue weighted by molar-refractivity contribution is 6.06. The van der Waals surface area contributed by atoms with Gasteiger partial charge in [0.1, 0.15) is 5.69 Å². The molecule has 0 unspecified atom stereocenters. The Morgan fingerprint density at radius 1 is 0.582 bits per heavy atom. The number of carbonyl (C=O) groups is 3. The fourth-order valence-corrected chi connectivity index (χ4v) is 5.33. The third-order valence-corrected chi connectivity index (χ3v) is 8.38. The first-order chi connectivity index (χ1) is 26.6. The normalized spacial score (nSPS) is 11.4. The molecule has 0 spiro atoms. The second-order valence-electron chi connectivity index (χ2n) is 12.4. The van der Waals surface area contributed by atoms with Gasteiger partial charge in [-0.1, -0.05) is 24.3 Å². The maximum Gasteiger partial charge on any atom is 0.306 e. The molecule has 6 aromatic rings. The lowest BCUT2D eigenvalue weighted by molar-refractivity contribution is -0.141. The molecule has 0 aromatic heterocycles. The van der Waals surface area contributed by atoms with E-state index in [-0.39, 0.29) is 36.1 Å². The smallest absolute Gasteiger partial charge is 0.306 e. The van der Waals surface area contributed by atoms with Gasteiger partial charge >= 0.3 is 5.97 Å². The lowest BCUT2D eigenvalue weighted by Crippen LogP contribution is -2.14. The molecule has 3 N–H and O–H groups in total. The van der Waals surface area contributed by atoms with Gasteiger partial charge in [0.15, 0.2) is 5.75 Å². The summed E-state index contributed by atoms with van der Waals surface area (Å²) in [6, 6.07) is 35.5. The van der Waals surface area contributed by atoms with E-state index in [1.165, 1.54) is 7.11 Å². The Morgan fingerprint density at radius 2 is 1.15 bits per heavy atom. The van der Waals surface area contributed by atoms with Crippen LogP contribution in [0.5, 0.6) is 5.75 Å². The number of fused-ring (bicyclic) bond motifs is 1. The SMILES string of the molecule is COC(=O)CCC(=O)Nc1ccc(C(=O)Nc2ccc3c(O)c(N=Nc4cc(C)c(N=Nc5ccc(N=Nc6ccccc6)cc5)cc4C)ccc3c2)cc1. The van der Waals surface area contributed by atoms with Crippen molar-refractivity contribution in [1.82, 2.24) is 0 Å². The average molecular weight is 733 g/mol. The Hall–Kier alpha value is -7.41. The molecule has 0 aliphatic carbocycles. The molecule has 0 aliphatic heterocycles. The minimum atomic E-state index is -0.468. The Morgan fingerprint density at radius 3 is 1.78 bits per heavy atom. The van der Waals surface area contributed by atoms with Crippen molar-refractivity contribution >= 4 is 74.1 Å². The number of amides is 2. The number of rotatable bonds is 12. The molecule has 55 heavy (non-hydrogen) atoms. The van der Waals surface area contributed by atoms with Gasteiger partial charge in [-0.3, -0.25) is 14.4 Å². The third-order valence-electron chi connectivity index (χ3n) is 8.38. The maximum absolute atomic E-state index is 12.9. The Bertz CT molecular complexity index is 2450. The number of phenolic OH excluding ortho intramolecular Hbond substituents is 1. The van der Waals surface area contributed by atoms with Crippen molar-refractivity contribution in [2.45, 2.75) is 26.7 Å². The average Bonchev–Trinajstić information content (AvgIpc) is 3.20. The van der Waals surface area contributed by atoms with E-state index < -0.39 is 5.97 Å². The van der Waals surface area contributed by atoms with Crippen LogP contribution in [0.4, 0.5) is 45.5 Å². The van der Waals surface area contributed by atoms with Crippen molar-refractivity contribution in [3.05, 3.63) is 138 Å². The monoisotopic (exact) mass is 732 g/mol. The molecular weight excluding hydrogens is 697 g/mol. The number of azo groups is 3. The van der Waals surface area contributed by atoms with E-state index in [1.807, 2.05) is 80.6 Å². The summed E-state index contributed by atoms with van der Waals surface area (Å²) < 4.78 is 4.55. The first kappa shape index (κ1) is 37.4. The lowest BCUT2D eigenvalue weighted by Gasteiger charge is -2.10. The van der Waals surface area contributed by atoms with Crippen molar-refractivity contribution in [2.75, 3.05) is 17.7 Å². The quantitative estimate of drug-likeness (QED) is 0.0835. The maximum atomic E-state index is 12.9. The van der Waals surface area contributed by atoms with Gasteiger partial charge in [0, 0.05) is 28.7 Å². The molecule has 0 fully saturated rings. The lowest BCUT2D eigenvalue weighted by atomic mass is 10.1. The second kappa shape index (κ2) is 17.4. The van der Waals surface area contributed by atoms with Crippen molar-refractivity contribution < 1.29 is 24.2 Å². The molecule has 6 rings (SSSR count). The van der Waals surface area contributed by atoms with Crippen LogP contribution in [-0.4, -0.2) is 30.0 Å². The van der Waals surface area contributed by atoms with Crippen LogP contribution in [0.2, 0.25) is 0 Å². The van der Waals surface area contributed by atoms with E-state index in [0.29, 0.717) is 50.5 Å². The number of aromatic hydroxyl groups is 1. The van der Waals surface area contributed by atoms with Crippen LogP contribution in [0.25, 0.3) is 10.8 Å². The van der Waals surface area contributed by atoms with Gasteiger partial charge in [-0.05, 0) is 127 Å². The number of phenols is 1. The summed E-state index contributed by atoms with van der Waals surface area (Å²) in [4.78, 5) is 36.2. The minimum Gasteiger partial charge on any atom is -0.505 e. The van der Waals surface area contributed by atoms with Crippen LogP contribution in [0.3, 0.4) is 0 Å². The number of anilines is 2. The van der Waals surface area contributed by atoms with Gasteiger partial charge in [-0.2, -0.15) is 25.6 Å². The number of carbonyl (C=O) groups excluding carboxylic acids is 3. The molecule has 0 saturated carbocycles. The summed E-state index contributed by atoms with van der Waals surface area (Å²) in [5.41, 5.74) is 6.82. The van der Waals surface area contributed by atoms with Gasteiger partial charge < -0.3 is 20.5 Å². The number of aryl methyl sites for hydroxylation is 2. The molecule has 13 heteroatoms. The molecule has 0 bridgehead atoms. The van der Waals surface area contributed by atoms with Gasteiger partial charge in [-0.25, -0.2) is 0 Å². The number of ether oxygens (including phenoxy) is 1. The van der Waals surface area contributed by atoms with Crippen molar-refractivity contribution in [3.63, 3.8) is 0 Å². The molecule has 0 heterocycles. The summed E-state index contributed by atoms with van der Waals surface area (Å²) in [5.74, 6) is -1.21. The number of hydrogen-bond donors (Lipinski definition) is 3. The van der Waals surface area contributed by atoms with Crippen LogP contribution in [0.1, 0.15) is 34.3 Å². The molecule has 274 valence electrons. The summed E-state index contributed by atoms with van der Waals surface area (Å²) >= 11 is 0. The van der Waals surface area contributed by atoms with E-state index in [4.69, 9.17) is 0 Å². The third kappa shape index (κ3) is 9.93. The zero-order chi connectivity index (χ0) is 38.7. The van der Waals surface area contributed by atoms with E-state index in [1.54, 1.807) is 54.6 Å². The highest BCUT2D eigenvalue weighted by Gasteiger charge is 2.12. The number of benzene rings is 6. The number of nitrogens with zero attached hydrogens (tertiary/aromatic N) is 6. The Kier molecular flexibility index (Phi) is 11.8. The second-order valence-corrected chi connectivity index (χ2v) is 12.4. The van der Waals surface area contributed by atoms with E-state index >= 15 is 0 Å². The summed E-state index contributed by atoms with van der Waals surface area (Å²) in [7, 11) is 1.26. The Labute approximate surface area is 316 Å². The van der Waals surface area contributed by atoms with Crippen LogP contribution in [-0.2, 0) is 14.3 Å². The van der Waals surface area contributed by atoms with Crippen molar-refractivity contribution in [2.24, 2.45) is 30.7 Å². The van der Waals surface area contributed by atoms with E-state index in [0.717, 1.165) is 16.8 Å². The largest absolute Gasteiger partial charge is 0.505 e. The number of methoxy groups -OCH3 is 1. The molecule has 6 aromatic carbocycles. The molecule has 2 amide bonds. The summed E-state index contributed by atoms with van der Waals surface area (Å²) in [5, 5.41) is 43.9. The zero-order valence-corrected chi connectivity index (χ0v) is 30.2. The topological polar surface area (TPSA) is 179 Å². The fourth-order valence-electron chi connectivity index (χ4n) is 5.33. The predicted octanol–water partition coefficient (Wildman–Crippen LogP) is 11.6. The molecular formula is C42H36N8O5. The number of hydrogen-bond acceptors (Lipinski definition) is 11. The molecule has 0 atom stereocenters. The van der Waals surface area contributed by atoms with Gasteiger partial charge in [-0.15, -0.1) is 5.11 Å². The number of nitrogens with one attached hydrogen (secondary N) is 2. The highest BCUT2D eigenvalue weighted by atomic mass is 16.5. The van der Waals surface area contributed by atoms with Gasteiger partial charge in [0.25, 0.3) is 5.91 Å². The first-order valence-electron chi connectivity index (χ1n) is 17.2. The Balaban J connectivity index is 1.07. The molecule has 0 aliphatic rings. The van der Waals surface area contributed by atoms with Crippen LogP contribution in [0, 0.1) is 13.8 Å².